The summed E-state index contributed by atoms with van der Waals surface area (Å²) in [6.45, 7) is 0. The van der Waals surface area contributed by atoms with E-state index in [-0.39, 0.29) is 0 Å². The molecule has 0 aromatic heterocycles. The molecule has 2 aliphatic heterocycles. The van der Waals surface area contributed by atoms with Crippen molar-refractivity contribution in [2.45, 2.75) is 41.6 Å². The van der Waals surface area contributed by atoms with Crippen molar-refractivity contribution in [2.75, 3.05) is 0 Å². The summed E-state index contributed by atoms with van der Waals surface area (Å²) < 4.78 is 7.14. The van der Waals surface area contributed by atoms with Gasteiger partial charge in [0.15, 0.2) is 0 Å². The zero-order chi connectivity index (χ0) is 6.16. The van der Waals surface area contributed by atoms with Gasteiger partial charge in [0.05, 0.1) is 0 Å². The summed E-state index contributed by atoms with van der Waals surface area (Å²) in [5.41, 5.74) is 0. The second kappa shape index (κ2) is 2.51. The van der Waals surface area contributed by atoms with Gasteiger partial charge in [0.25, 0.3) is 0 Å². The van der Waals surface area contributed by atoms with E-state index in [4.69, 9.17) is 0 Å². The van der Waals surface area contributed by atoms with Crippen LogP contribution in [0.2, 0.25) is 15.9 Å². The topological polar surface area (TPSA) is 0 Å². The third-order valence-corrected chi connectivity index (χ3v) is 25.3. The Labute approximate surface area is 62.7 Å². The first-order valence-electron chi connectivity index (χ1n) is 4.41. The average Bonchev–Trinajstić information content (AvgIpc) is 2.45. The van der Waals surface area contributed by atoms with Crippen LogP contribution in [-0.2, 0) is 0 Å². The van der Waals surface area contributed by atoms with Crippen molar-refractivity contribution in [1.29, 1.82) is 0 Å². The number of hydrogen-bond donors (Lipinski definition) is 0. The molecule has 2 aliphatic rings. The van der Waals surface area contributed by atoms with E-state index in [9.17, 15) is 0 Å². The molecule has 2 rings (SSSR count). The summed E-state index contributed by atoms with van der Waals surface area (Å²) in [5.74, 6) is 0. The average molecular weight is 319 g/mol. The van der Waals surface area contributed by atoms with Crippen LogP contribution >= 0.6 is 0 Å². The molecule has 0 aliphatic carbocycles. The molecule has 0 unspecified atom stereocenters. The maximum atomic E-state index is 1.78. The molecule has 0 aromatic carbocycles. The van der Waals surface area contributed by atoms with Gasteiger partial charge in [-0.3, -0.25) is 0 Å². The first-order chi connectivity index (χ1) is 4.41. The predicted octanol–water partition coefficient (Wildman–Crippen LogP) is 3.02. The van der Waals surface area contributed by atoms with Crippen LogP contribution < -0.4 is 0 Å². The van der Waals surface area contributed by atoms with E-state index < -0.39 is 21.2 Å². The molecule has 2 heterocycles. The van der Waals surface area contributed by atoms with Crippen molar-refractivity contribution in [3.8, 4) is 0 Å². The van der Waals surface area contributed by atoms with Gasteiger partial charge in [-0.25, -0.2) is 0 Å². The van der Waals surface area contributed by atoms with Gasteiger partial charge in [-0.1, -0.05) is 0 Å². The molecule has 0 nitrogen and oxygen atoms in total. The zero-order valence-corrected chi connectivity index (χ0v) is 10.0. The second-order valence-electron chi connectivity index (χ2n) is 3.91. The van der Waals surface area contributed by atoms with Crippen LogP contribution in [0.5, 0.6) is 0 Å². The fourth-order valence-corrected chi connectivity index (χ4v) is 24.1. The van der Waals surface area contributed by atoms with Crippen LogP contribution in [-0.4, -0.2) is 21.2 Å². The monoisotopic (exact) mass is 320 g/mol. The van der Waals surface area contributed by atoms with Gasteiger partial charge in [-0.15, -0.1) is 0 Å². The number of rotatable bonds is 0. The molecule has 1 spiro atoms. The Hall–Kier alpha value is 0.922. The third-order valence-electron chi connectivity index (χ3n) is 3.33. The molecule has 2 saturated heterocycles. The summed E-state index contributed by atoms with van der Waals surface area (Å²) in [7, 11) is 0. The summed E-state index contributed by atoms with van der Waals surface area (Å²) in [6.07, 6.45) is 6.51. The standard InChI is InChI=1S/2C4H8.Pb/c2*1-3-4-2;/h2*1-4H2;. The Kier molecular flexibility index (Phi) is 1.85. The Morgan fingerprint density at radius 3 is 1.22 bits per heavy atom. The number of hydrogen-bond acceptors (Lipinski definition) is 0. The van der Waals surface area contributed by atoms with Crippen LogP contribution in [0.15, 0.2) is 0 Å². The van der Waals surface area contributed by atoms with Gasteiger partial charge in [0, 0.05) is 0 Å². The molecule has 9 heavy (non-hydrogen) atoms. The molecule has 0 aromatic rings. The van der Waals surface area contributed by atoms with Crippen molar-refractivity contribution in [3.63, 3.8) is 0 Å². The quantitative estimate of drug-likeness (QED) is 0.602. The summed E-state index contributed by atoms with van der Waals surface area (Å²) in [6, 6.07) is 0. The van der Waals surface area contributed by atoms with E-state index in [0.717, 1.165) is 0 Å². The van der Waals surface area contributed by atoms with E-state index >= 15 is 0 Å². The summed E-state index contributed by atoms with van der Waals surface area (Å²) >= 11 is -1.28. The van der Waals surface area contributed by atoms with Crippen molar-refractivity contribution < 1.29 is 0 Å². The van der Waals surface area contributed by atoms with E-state index in [2.05, 4.69) is 0 Å². The predicted molar refractivity (Wildman–Crippen MR) is 43.5 cm³/mol. The van der Waals surface area contributed by atoms with Crippen LogP contribution in [0.25, 0.3) is 0 Å². The molecule has 0 N–H and O–H groups in total. The summed E-state index contributed by atoms with van der Waals surface area (Å²) in [5, 5.41) is 0. The van der Waals surface area contributed by atoms with Crippen LogP contribution in [0.1, 0.15) is 25.7 Å². The van der Waals surface area contributed by atoms with Gasteiger partial charge < -0.3 is 0 Å². The first-order valence-corrected chi connectivity index (χ1v) is 15.4. The minimum atomic E-state index is -1.28. The van der Waals surface area contributed by atoms with E-state index in [1.165, 1.54) is 0 Å². The first kappa shape index (κ1) is 6.62. The molecule has 0 amide bonds. The van der Waals surface area contributed by atoms with Crippen molar-refractivity contribution in [3.05, 3.63) is 0 Å². The normalized spacial score (nSPS) is 32.0. The molecule has 0 saturated carbocycles. The Morgan fingerprint density at radius 2 is 0.889 bits per heavy atom. The molecular weight excluding hydrogens is 303 g/mol. The Balaban J connectivity index is 2.04. The van der Waals surface area contributed by atoms with Crippen molar-refractivity contribution in [2.24, 2.45) is 0 Å². The molecule has 1 heteroatoms. The maximum absolute atomic E-state index is 1.78. The van der Waals surface area contributed by atoms with Crippen LogP contribution in [0.3, 0.4) is 0 Å². The molecule has 0 bridgehead atoms. The van der Waals surface area contributed by atoms with Crippen LogP contribution in [0, 0.1) is 0 Å². The summed E-state index contributed by atoms with van der Waals surface area (Å²) in [4.78, 5) is 0. The SMILES string of the molecule is C1C[CH2][Pb]2([CH2]1)[CH2]CC[CH2]2. The molecular formula is C8H16Pb. The zero-order valence-electron chi connectivity index (χ0n) is 6.16. The van der Waals surface area contributed by atoms with E-state index in [0.29, 0.717) is 0 Å². The Morgan fingerprint density at radius 1 is 0.556 bits per heavy atom. The molecule has 0 radical (unpaired) electrons. The van der Waals surface area contributed by atoms with Crippen LogP contribution in [0.4, 0.5) is 0 Å². The van der Waals surface area contributed by atoms with Crippen molar-refractivity contribution in [1.82, 2.24) is 0 Å². The van der Waals surface area contributed by atoms with Gasteiger partial charge >= 0.3 is 62.8 Å². The van der Waals surface area contributed by atoms with Gasteiger partial charge in [-0.2, -0.15) is 0 Å². The second-order valence-corrected chi connectivity index (χ2v) is 23.4. The minimum absolute atomic E-state index is 1.28. The molecule has 2 fully saturated rings. The Bertz CT molecular complexity index is 79.6. The van der Waals surface area contributed by atoms with E-state index in [1.807, 2.05) is 0 Å². The van der Waals surface area contributed by atoms with Gasteiger partial charge in [0.2, 0.25) is 0 Å². The fourth-order valence-electron chi connectivity index (χ4n) is 2.75. The fraction of sp³-hybridized carbons (Fsp3) is 1.00. The van der Waals surface area contributed by atoms with Crippen molar-refractivity contribution >= 4 is 21.2 Å². The van der Waals surface area contributed by atoms with Gasteiger partial charge in [0.1, 0.15) is 0 Å². The molecule has 52 valence electrons. The van der Waals surface area contributed by atoms with E-state index in [1.54, 1.807) is 41.6 Å². The van der Waals surface area contributed by atoms with Gasteiger partial charge in [-0.05, 0) is 0 Å². The third kappa shape index (κ3) is 1.19. The molecule has 0 atom stereocenters.